The largest absolute Gasteiger partial charge is 0.394 e. The molecule has 3 unspecified atom stereocenters. The van der Waals surface area contributed by atoms with Crippen LogP contribution in [0, 0.1) is 18.8 Å². The normalized spacial score (nSPS) is 35.2. The molecule has 2 aliphatic carbocycles. The average molecular weight is 231 g/mol. The first kappa shape index (κ1) is 11.1. The number of aryl methyl sites for hydroxylation is 1. The van der Waals surface area contributed by atoms with E-state index < -0.39 is 0 Å². The molecule has 0 saturated heterocycles. The lowest BCUT2D eigenvalue weighted by Crippen LogP contribution is -2.47. The number of benzene rings is 1. The monoisotopic (exact) mass is 231 g/mol. The summed E-state index contributed by atoms with van der Waals surface area (Å²) in [5.41, 5.74) is 2.41. The Labute approximate surface area is 103 Å². The highest BCUT2D eigenvalue weighted by atomic mass is 16.3. The summed E-state index contributed by atoms with van der Waals surface area (Å²) in [6.45, 7) is 2.39. The Hall–Kier alpha value is -1.02. The standard InChI is InChI=1S/C15H21NO/c1-11-4-2-3-5-14(11)16-15(10-17)9-12-6-7-13(15)8-12/h2-5,12-13,16-17H,6-10H2,1H3. The highest BCUT2D eigenvalue weighted by Crippen LogP contribution is 2.51. The van der Waals surface area contributed by atoms with Crippen molar-refractivity contribution < 1.29 is 5.11 Å². The number of anilines is 1. The maximum atomic E-state index is 9.83. The molecule has 0 aromatic heterocycles. The van der Waals surface area contributed by atoms with Gasteiger partial charge in [-0.15, -0.1) is 0 Å². The Morgan fingerprint density at radius 1 is 1.35 bits per heavy atom. The fourth-order valence-corrected chi connectivity index (χ4v) is 3.81. The zero-order chi connectivity index (χ0) is 11.9. The Morgan fingerprint density at radius 2 is 2.18 bits per heavy atom. The number of fused-ring (bicyclic) bond motifs is 2. The van der Waals surface area contributed by atoms with Crippen LogP contribution in [0.25, 0.3) is 0 Å². The molecule has 2 heteroatoms. The van der Waals surface area contributed by atoms with Crippen LogP contribution in [0.1, 0.15) is 31.2 Å². The Kier molecular flexibility index (Phi) is 2.62. The number of aliphatic hydroxyl groups is 1. The molecule has 17 heavy (non-hydrogen) atoms. The van der Waals surface area contributed by atoms with Gasteiger partial charge < -0.3 is 10.4 Å². The molecule has 3 rings (SSSR count). The highest BCUT2D eigenvalue weighted by molar-refractivity contribution is 5.53. The van der Waals surface area contributed by atoms with E-state index in [0.29, 0.717) is 5.92 Å². The summed E-state index contributed by atoms with van der Waals surface area (Å²) in [6.07, 6.45) is 5.09. The minimum absolute atomic E-state index is 0.0466. The predicted molar refractivity (Wildman–Crippen MR) is 70.1 cm³/mol. The van der Waals surface area contributed by atoms with Crippen LogP contribution in [0.4, 0.5) is 5.69 Å². The summed E-state index contributed by atoms with van der Waals surface area (Å²) in [6, 6.07) is 8.37. The lowest BCUT2D eigenvalue weighted by atomic mass is 9.81. The van der Waals surface area contributed by atoms with E-state index in [1.165, 1.54) is 30.5 Å². The highest BCUT2D eigenvalue weighted by Gasteiger charge is 2.50. The number of hydrogen-bond acceptors (Lipinski definition) is 2. The van der Waals surface area contributed by atoms with Crippen LogP contribution in [-0.2, 0) is 0 Å². The third kappa shape index (κ3) is 1.75. The van der Waals surface area contributed by atoms with Gasteiger partial charge >= 0.3 is 0 Å². The van der Waals surface area contributed by atoms with Crippen molar-refractivity contribution >= 4 is 5.69 Å². The van der Waals surface area contributed by atoms with Crippen molar-refractivity contribution in [3.05, 3.63) is 29.8 Å². The van der Waals surface area contributed by atoms with Crippen molar-refractivity contribution in [1.29, 1.82) is 0 Å². The van der Waals surface area contributed by atoms with Crippen LogP contribution in [0.2, 0.25) is 0 Å². The van der Waals surface area contributed by atoms with E-state index in [9.17, 15) is 5.11 Å². The number of aliphatic hydroxyl groups excluding tert-OH is 1. The second kappa shape index (κ2) is 4.02. The van der Waals surface area contributed by atoms with Gasteiger partial charge in [0.05, 0.1) is 12.1 Å². The summed E-state index contributed by atoms with van der Waals surface area (Å²) in [7, 11) is 0. The lowest BCUT2D eigenvalue weighted by Gasteiger charge is -2.38. The zero-order valence-electron chi connectivity index (χ0n) is 10.4. The molecule has 0 aliphatic heterocycles. The van der Waals surface area contributed by atoms with Gasteiger partial charge in [-0.05, 0) is 56.1 Å². The fourth-order valence-electron chi connectivity index (χ4n) is 3.81. The smallest absolute Gasteiger partial charge is 0.0664 e. The molecule has 2 N–H and O–H groups in total. The molecule has 2 bridgehead atoms. The minimum Gasteiger partial charge on any atom is -0.394 e. The predicted octanol–water partition coefficient (Wildman–Crippen LogP) is 2.96. The Bertz CT molecular complexity index is 417. The molecule has 2 nitrogen and oxygen atoms in total. The van der Waals surface area contributed by atoms with Crippen LogP contribution < -0.4 is 5.32 Å². The SMILES string of the molecule is Cc1ccccc1NC1(CO)CC2CCC1C2. The maximum absolute atomic E-state index is 9.83. The van der Waals surface area contributed by atoms with Gasteiger partial charge in [-0.3, -0.25) is 0 Å². The maximum Gasteiger partial charge on any atom is 0.0664 e. The zero-order valence-corrected chi connectivity index (χ0v) is 10.4. The quantitative estimate of drug-likeness (QED) is 0.838. The van der Waals surface area contributed by atoms with E-state index in [1.54, 1.807) is 0 Å². The molecule has 92 valence electrons. The first-order chi connectivity index (χ1) is 8.23. The third-order valence-corrected chi connectivity index (χ3v) is 4.79. The molecule has 3 atom stereocenters. The van der Waals surface area contributed by atoms with Crippen molar-refractivity contribution in [3.63, 3.8) is 0 Å². The molecule has 0 heterocycles. The number of nitrogens with one attached hydrogen (secondary N) is 1. The van der Waals surface area contributed by atoms with E-state index in [2.05, 4.69) is 36.5 Å². The van der Waals surface area contributed by atoms with Gasteiger partial charge in [-0.2, -0.15) is 0 Å². The second-order valence-electron chi connectivity index (χ2n) is 5.83. The van der Waals surface area contributed by atoms with Crippen LogP contribution in [0.5, 0.6) is 0 Å². The van der Waals surface area contributed by atoms with Crippen LogP contribution in [-0.4, -0.2) is 17.3 Å². The first-order valence-electron chi connectivity index (χ1n) is 6.68. The molecule has 0 amide bonds. The second-order valence-corrected chi connectivity index (χ2v) is 5.83. The van der Waals surface area contributed by atoms with Gasteiger partial charge in [0.25, 0.3) is 0 Å². The summed E-state index contributed by atoms with van der Waals surface area (Å²) in [5, 5.41) is 13.5. The van der Waals surface area contributed by atoms with E-state index in [1.807, 2.05) is 0 Å². The van der Waals surface area contributed by atoms with Crippen LogP contribution >= 0.6 is 0 Å². The summed E-state index contributed by atoms with van der Waals surface area (Å²) < 4.78 is 0. The van der Waals surface area contributed by atoms with Crippen molar-refractivity contribution in [2.75, 3.05) is 11.9 Å². The fraction of sp³-hybridized carbons (Fsp3) is 0.600. The molecular formula is C15H21NO. The Morgan fingerprint density at radius 3 is 2.76 bits per heavy atom. The van der Waals surface area contributed by atoms with Gasteiger partial charge in [0.15, 0.2) is 0 Å². The molecular weight excluding hydrogens is 210 g/mol. The number of rotatable bonds is 3. The van der Waals surface area contributed by atoms with Crippen molar-refractivity contribution in [2.45, 2.75) is 38.1 Å². The molecule has 0 spiro atoms. The van der Waals surface area contributed by atoms with Crippen molar-refractivity contribution in [1.82, 2.24) is 0 Å². The van der Waals surface area contributed by atoms with E-state index >= 15 is 0 Å². The molecule has 0 radical (unpaired) electrons. The molecule has 1 aromatic rings. The summed E-state index contributed by atoms with van der Waals surface area (Å²) in [5.74, 6) is 1.50. The van der Waals surface area contributed by atoms with Crippen LogP contribution in [0.3, 0.4) is 0 Å². The number of hydrogen-bond donors (Lipinski definition) is 2. The minimum atomic E-state index is -0.0466. The van der Waals surface area contributed by atoms with Crippen molar-refractivity contribution in [2.24, 2.45) is 11.8 Å². The van der Waals surface area contributed by atoms with E-state index in [0.717, 1.165) is 12.3 Å². The third-order valence-electron chi connectivity index (χ3n) is 4.79. The van der Waals surface area contributed by atoms with Gasteiger partial charge in [0.1, 0.15) is 0 Å². The molecule has 2 aliphatic rings. The first-order valence-corrected chi connectivity index (χ1v) is 6.68. The van der Waals surface area contributed by atoms with Gasteiger partial charge in [0.2, 0.25) is 0 Å². The van der Waals surface area contributed by atoms with E-state index in [4.69, 9.17) is 0 Å². The topological polar surface area (TPSA) is 32.3 Å². The average Bonchev–Trinajstić information content (AvgIpc) is 2.93. The summed E-state index contributed by atoms with van der Waals surface area (Å²) in [4.78, 5) is 0. The van der Waals surface area contributed by atoms with Crippen LogP contribution in [0.15, 0.2) is 24.3 Å². The number of para-hydroxylation sites is 1. The summed E-state index contributed by atoms with van der Waals surface area (Å²) >= 11 is 0. The van der Waals surface area contributed by atoms with Gasteiger partial charge in [-0.25, -0.2) is 0 Å². The van der Waals surface area contributed by atoms with Crippen molar-refractivity contribution in [3.8, 4) is 0 Å². The van der Waals surface area contributed by atoms with E-state index in [-0.39, 0.29) is 12.1 Å². The molecule has 2 saturated carbocycles. The molecule has 1 aromatic carbocycles. The Balaban J connectivity index is 1.86. The lowest BCUT2D eigenvalue weighted by molar-refractivity contribution is 0.159. The van der Waals surface area contributed by atoms with Gasteiger partial charge in [0, 0.05) is 5.69 Å². The van der Waals surface area contributed by atoms with Gasteiger partial charge in [-0.1, -0.05) is 18.2 Å². The molecule has 2 fully saturated rings.